The quantitative estimate of drug-likeness (QED) is 0.299. The molecule has 34 heavy (non-hydrogen) atoms. The van der Waals surface area contributed by atoms with Crippen LogP contribution in [-0.4, -0.2) is 37.6 Å². The molecule has 0 aliphatic heterocycles. The van der Waals surface area contributed by atoms with Crippen LogP contribution in [0.4, 0.5) is 0 Å². The fraction of sp³-hybridized carbons (Fsp3) is 0.462. The lowest BCUT2D eigenvalue weighted by Gasteiger charge is -2.24. The zero-order chi connectivity index (χ0) is 24.2. The maximum atomic E-state index is 12.9. The van der Waals surface area contributed by atoms with Crippen LogP contribution in [0.1, 0.15) is 78.5 Å². The van der Waals surface area contributed by atoms with Gasteiger partial charge in [-0.05, 0) is 43.7 Å². The van der Waals surface area contributed by atoms with Crippen molar-refractivity contribution < 1.29 is 18.0 Å². The lowest BCUT2D eigenvalue weighted by molar-refractivity contribution is 0.0964. The van der Waals surface area contributed by atoms with Gasteiger partial charge in [0.05, 0.1) is 23.2 Å². The minimum absolute atomic E-state index is 0.208. The zero-order valence-electron chi connectivity index (χ0n) is 20.1. The van der Waals surface area contributed by atoms with E-state index in [1.54, 1.807) is 7.05 Å². The Hall–Kier alpha value is -2.55. The Morgan fingerprint density at radius 1 is 1.24 bits per heavy atom. The number of benzene rings is 1. The van der Waals surface area contributed by atoms with Crippen LogP contribution in [0, 0.1) is 6.92 Å². The second-order valence-corrected chi connectivity index (χ2v) is 9.99. The van der Waals surface area contributed by atoms with Gasteiger partial charge in [0.25, 0.3) is 5.91 Å². The van der Waals surface area contributed by atoms with Crippen molar-refractivity contribution in [1.82, 2.24) is 14.6 Å². The van der Waals surface area contributed by atoms with Crippen molar-refractivity contribution in [3.8, 4) is 11.3 Å². The minimum atomic E-state index is -2.34. The van der Waals surface area contributed by atoms with Crippen molar-refractivity contribution in [2.45, 2.75) is 64.8 Å². The van der Waals surface area contributed by atoms with Gasteiger partial charge in [0, 0.05) is 30.4 Å². The number of fused-ring (bicyclic) bond motifs is 1. The van der Waals surface area contributed by atoms with E-state index in [9.17, 15) is 13.6 Å². The second kappa shape index (κ2) is 10.8. The second-order valence-electron chi connectivity index (χ2n) is 9.04. The molecule has 1 fully saturated rings. The van der Waals surface area contributed by atoms with Gasteiger partial charge in [-0.2, -0.15) is 0 Å². The average Bonchev–Trinajstić information content (AvgIpc) is 3.61. The average molecular weight is 483 g/mol. The van der Waals surface area contributed by atoms with Crippen LogP contribution in [0.3, 0.4) is 0 Å². The third-order valence-corrected chi connectivity index (χ3v) is 7.11. The van der Waals surface area contributed by atoms with E-state index >= 15 is 0 Å². The molecule has 1 atom stereocenters. The number of nitrogens with zero attached hydrogens (tertiary/aromatic N) is 2. The fourth-order valence-electron chi connectivity index (χ4n) is 4.30. The van der Waals surface area contributed by atoms with Gasteiger partial charge in [0.1, 0.15) is 5.76 Å². The number of amides is 1. The smallest absolute Gasteiger partial charge is 0.255 e. The van der Waals surface area contributed by atoms with E-state index in [4.69, 9.17) is 9.40 Å². The summed E-state index contributed by atoms with van der Waals surface area (Å²) in [6.45, 7) is 4.81. The van der Waals surface area contributed by atoms with Gasteiger partial charge >= 0.3 is 0 Å². The number of furan rings is 1. The molecule has 0 spiro atoms. The highest BCUT2D eigenvalue weighted by molar-refractivity contribution is 7.76. The Morgan fingerprint density at radius 2 is 1.97 bits per heavy atom. The molecule has 0 bridgehead atoms. The third kappa shape index (κ3) is 5.40. The van der Waals surface area contributed by atoms with Crippen LogP contribution in [-0.2, 0) is 17.8 Å². The number of hydrogen-bond donors (Lipinski definition) is 1. The van der Waals surface area contributed by atoms with E-state index in [1.807, 2.05) is 37.3 Å². The number of carbonyl (C=O) groups excluding carboxylic acids is 1. The van der Waals surface area contributed by atoms with Gasteiger partial charge in [-0.1, -0.05) is 56.0 Å². The number of pyridine rings is 1. The molecule has 182 valence electrons. The molecule has 8 heteroatoms. The molecule has 1 N–H and O–H groups in total. The van der Waals surface area contributed by atoms with Gasteiger partial charge in [-0.15, -0.1) is 0 Å². The molecule has 0 saturated heterocycles. The summed E-state index contributed by atoms with van der Waals surface area (Å²) >= 11 is -2.34. The molecule has 0 radical (unpaired) electrons. The highest BCUT2D eigenvalue weighted by atomic mass is 32.2. The van der Waals surface area contributed by atoms with Crippen molar-refractivity contribution in [3.63, 3.8) is 0 Å². The Labute approximate surface area is 203 Å². The summed E-state index contributed by atoms with van der Waals surface area (Å²) in [5.41, 5.74) is 4.46. The normalized spacial score (nSPS) is 14.6. The molecule has 3 aromatic rings. The Balaban J connectivity index is 1.76. The summed E-state index contributed by atoms with van der Waals surface area (Å²) < 4.78 is 31.5. The number of hydrogen-bond acceptors (Lipinski definition) is 5. The van der Waals surface area contributed by atoms with E-state index in [-0.39, 0.29) is 12.5 Å². The molecule has 1 aliphatic rings. The van der Waals surface area contributed by atoms with Gasteiger partial charge in [0.15, 0.2) is 0 Å². The highest BCUT2D eigenvalue weighted by Gasteiger charge is 2.31. The first-order valence-corrected chi connectivity index (χ1v) is 13.1. The SMILES string of the molecule is CCCCCCN(Cc1nc2oc(-c3ccc(C)cc3)c(C(=O)NC)c2cc1C1CC1)S(=O)[O-]. The monoisotopic (exact) mass is 482 g/mol. The highest BCUT2D eigenvalue weighted by Crippen LogP contribution is 2.44. The van der Waals surface area contributed by atoms with Crippen LogP contribution < -0.4 is 5.32 Å². The summed E-state index contributed by atoms with van der Waals surface area (Å²) in [5, 5.41) is 3.39. The lowest BCUT2D eigenvalue weighted by Crippen LogP contribution is -2.27. The van der Waals surface area contributed by atoms with Crippen molar-refractivity contribution >= 4 is 28.3 Å². The van der Waals surface area contributed by atoms with Crippen LogP contribution in [0.25, 0.3) is 22.4 Å². The third-order valence-electron chi connectivity index (χ3n) is 6.38. The first kappa shape index (κ1) is 24.6. The maximum absolute atomic E-state index is 12.9. The number of aryl methyl sites for hydroxylation is 1. The first-order chi connectivity index (χ1) is 16.4. The first-order valence-electron chi connectivity index (χ1n) is 12.0. The molecule has 2 aromatic heterocycles. The number of unbranched alkanes of at least 4 members (excludes halogenated alkanes) is 3. The van der Waals surface area contributed by atoms with Gasteiger partial charge < -0.3 is 14.3 Å². The summed E-state index contributed by atoms with van der Waals surface area (Å²) in [6.07, 6.45) is 6.08. The number of nitrogens with one attached hydrogen (secondary N) is 1. The Kier molecular flexibility index (Phi) is 7.80. The van der Waals surface area contributed by atoms with E-state index < -0.39 is 11.3 Å². The van der Waals surface area contributed by atoms with Crippen molar-refractivity contribution in [3.05, 3.63) is 52.7 Å². The maximum Gasteiger partial charge on any atom is 0.255 e. The van der Waals surface area contributed by atoms with Gasteiger partial charge in [-0.3, -0.25) is 9.00 Å². The van der Waals surface area contributed by atoms with Gasteiger partial charge in [-0.25, -0.2) is 9.29 Å². The van der Waals surface area contributed by atoms with E-state index in [2.05, 4.69) is 12.2 Å². The molecule has 1 aliphatic carbocycles. The predicted molar refractivity (Wildman–Crippen MR) is 133 cm³/mol. The zero-order valence-corrected chi connectivity index (χ0v) is 20.9. The summed E-state index contributed by atoms with van der Waals surface area (Å²) in [4.78, 5) is 17.7. The number of aromatic nitrogens is 1. The molecule has 2 heterocycles. The molecule has 1 unspecified atom stereocenters. The molecule has 1 amide bonds. The van der Waals surface area contributed by atoms with Crippen LogP contribution in [0.2, 0.25) is 0 Å². The van der Waals surface area contributed by atoms with E-state index in [1.165, 1.54) is 4.31 Å². The molecular formula is C26H32N3O4S-. The van der Waals surface area contributed by atoms with E-state index in [0.29, 0.717) is 40.6 Å². The Bertz CT molecular complexity index is 1180. The van der Waals surface area contributed by atoms with Crippen LogP contribution in [0.5, 0.6) is 0 Å². The minimum Gasteiger partial charge on any atom is -0.760 e. The van der Waals surface area contributed by atoms with Crippen molar-refractivity contribution in [2.24, 2.45) is 0 Å². The topological polar surface area (TPSA) is 98.5 Å². The van der Waals surface area contributed by atoms with Gasteiger partial charge in [0.2, 0.25) is 5.71 Å². The van der Waals surface area contributed by atoms with Crippen molar-refractivity contribution in [2.75, 3.05) is 13.6 Å². The standard InChI is InChI=1S/C26H33N3O4S/c1-4-5-6-7-14-29(34(31)32)16-22-20(18-12-13-18)15-21-23(25(30)27-3)24(33-26(21)28-22)19-10-8-17(2)9-11-19/h8-11,15,18H,4-7,12-14,16H2,1-3H3,(H,27,30)(H,31,32)/p-1. The number of rotatable bonds is 11. The molecule has 1 saturated carbocycles. The summed E-state index contributed by atoms with van der Waals surface area (Å²) in [7, 11) is 1.60. The number of carbonyl (C=O) groups is 1. The largest absolute Gasteiger partial charge is 0.760 e. The van der Waals surface area contributed by atoms with E-state index in [0.717, 1.165) is 55.2 Å². The molecule has 4 rings (SSSR count). The lowest BCUT2D eigenvalue weighted by atomic mass is 10.0. The molecular weight excluding hydrogens is 450 g/mol. The van der Waals surface area contributed by atoms with Crippen molar-refractivity contribution in [1.29, 1.82) is 0 Å². The van der Waals surface area contributed by atoms with Crippen LogP contribution in [0.15, 0.2) is 34.7 Å². The Morgan fingerprint density at radius 3 is 2.59 bits per heavy atom. The summed E-state index contributed by atoms with van der Waals surface area (Å²) in [6, 6.07) is 9.81. The summed E-state index contributed by atoms with van der Waals surface area (Å²) in [5.74, 6) is 0.581. The van der Waals surface area contributed by atoms with Crippen LogP contribution >= 0.6 is 0 Å². The predicted octanol–water partition coefficient (Wildman–Crippen LogP) is 5.22. The fourth-order valence-corrected chi connectivity index (χ4v) is 4.80. The molecule has 7 nitrogen and oxygen atoms in total. The molecule has 1 aromatic carbocycles.